The molecule has 0 radical (unpaired) electrons. The molecule has 3 rings (SSSR count). The molecular formula is C15H18N2O3. The van der Waals surface area contributed by atoms with Gasteiger partial charge in [-0.1, -0.05) is 0 Å². The first-order chi connectivity index (χ1) is 9.65. The molecule has 2 N–H and O–H groups in total. The van der Waals surface area contributed by atoms with Gasteiger partial charge in [0.05, 0.1) is 0 Å². The van der Waals surface area contributed by atoms with Crippen LogP contribution in [-0.2, 0) is 0 Å². The molecule has 0 saturated heterocycles. The Balaban J connectivity index is 1.60. The topological polar surface area (TPSA) is 79.3 Å². The van der Waals surface area contributed by atoms with E-state index in [9.17, 15) is 9.59 Å². The SMILES string of the molecule is O=C(NCC(C1CC1)C1CC1)c1ccnc(C(=O)O)c1. The standard InChI is InChI=1S/C15H18N2O3/c18-14(11-5-6-16-13(7-11)15(19)20)17-8-12(9-1-2-9)10-3-4-10/h5-7,9-10,12H,1-4,8H2,(H,17,18)(H,19,20). The first kappa shape index (κ1) is 13.1. The van der Waals surface area contributed by atoms with E-state index in [1.54, 1.807) is 6.07 Å². The summed E-state index contributed by atoms with van der Waals surface area (Å²) < 4.78 is 0. The predicted octanol–water partition coefficient (Wildman–Crippen LogP) is 1.95. The number of carboxylic acid groups (broad SMARTS) is 1. The summed E-state index contributed by atoms with van der Waals surface area (Å²) in [6, 6.07) is 2.87. The number of aromatic nitrogens is 1. The van der Waals surface area contributed by atoms with E-state index in [2.05, 4.69) is 10.3 Å². The fraction of sp³-hybridized carbons (Fsp3) is 0.533. The maximum atomic E-state index is 12.1. The molecule has 2 fully saturated rings. The number of amides is 1. The van der Waals surface area contributed by atoms with E-state index in [0.717, 1.165) is 11.8 Å². The van der Waals surface area contributed by atoms with E-state index in [4.69, 9.17) is 5.11 Å². The van der Waals surface area contributed by atoms with Gasteiger partial charge in [0.25, 0.3) is 5.91 Å². The number of nitrogens with zero attached hydrogens (tertiary/aromatic N) is 1. The normalized spacial score (nSPS) is 18.1. The average Bonchev–Trinajstić information content (AvgIpc) is 3.32. The zero-order chi connectivity index (χ0) is 14.1. The summed E-state index contributed by atoms with van der Waals surface area (Å²) in [5.74, 6) is 0.860. The van der Waals surface area contributed by atoms with Gasteiger partial charge in [0, 0.05) is 18.3 Å². The Hall–Kier alpha value is -1.91. The number of aromatic carboxylic acids is 1. The molecule has 1 amide bonds. The first-order valence-electron chi connectivity index (χ1n) is 7.12. The summed E-state index contributed by atoms with van der Waals surface area (Å²) in [7, 11) is 0. The Morgan fingerprint density at radius 2 is 1.95 bits per heavy atom. The second-order valence-electron chi connectivity index (χ2n) is 5.78. The number of hydrogen-bond donors (Lipinski definition) is 2. The predicted molar refractivity (Wildman–Crippen MR) is 72.5 cm³/mol. The molecule has 0 spiro atoms. The molecule has 106 valence electrons. The van der Waals surface area contributed by atoms with E-state index < -0.39 is 5.97 Å². The fourth-order valence-corrected chi connectivity index (χ4v) is 2.77. The molecule has 0 aromatic carbocycles. The molecule has 1 heterocycles. The van der Waals surface area contributed by atoms with Crippen molar-refractivity contribution in [1.29, 1.82) is 0 Å². The van der Waals surface area contributed by atoms with Crippen LogP contribution in [0.5, 0.6) is 0 Å². The lowest BCUT2D eigenvalue weighted by Crippen LogP contribution is -2.31. The number of pyridine rings is 1. The molecule has 0 bridgehead atoms. The van der Waals surface area contributed by atoms with Crippen molar-refractivity contribution >= 4 is 11.9 Å². The zero-order valence-electron chi connectivity index (χ0n) is 11.2. The monoisotopic (exact) mass is 274 g/mol. The first-order valence-corrected chi connectivity index (χ1v) is 7.12. The van der Waals surface area contributed by atoms with Crippen molar-refractivity contribution in [3.05, 3.63) is 29.6 Å². The van der Waals surface area contributed by atoms with Gasteiger partial charge in [-0.05, 0) is 55.6 Å². The van der Waals surface area contributed by atoms with E-state index in [0.29, 0.717) is 18.0 Å². The Labute approximate surface area is 117 Å². The van der Waals surface area contributed by atoms with Crippen molar-refractivity contribution in [3.8, 4) is 0 Å². The summed E-state index contributed by atoms with van der Waals surface area (Å²) in [5.41, 5.74) is 0.265. The molecule has 1 aromatic rings. The van der Waals surface area contributed by atoms with Crippen LogP contribution in [-0.4, -0.2) is 28.5 Å². The summed E-state index contributed by atoms with van der Waals surface area (Å²) in [6.07, 6.45) is 6.51. The lowest BCUT2D eigenvalue weighted by molar-refractivity contribution is 0.0690. The number of carboxylic acids is 1. The summed E-state index contributed by atoms with van der Waals surface area (Å²) in [5, 5.41) is 11.8. The quantitative estimate of drug-likeness (QED) is 0.831. The van der Waals surface area contributed by atoms with Crippen LogP contribution in [0.1, 0.15) is 46.5 Å². The van der Waals surface area contributed by atoms with Crippen molar-refractivity contribution in [1.82, 2.24) is 10.3 Å². The highest BCUT2D eigenvalue weighted by Crippen LogP contribution is 2.48. The molecule has 0 unspecified atom stereocenters. The number of carbonyl (C=O) groups is 2. The molecule has 2 aliphatic carbocycles. The Morgan fingerprint density at radius 1 is 1.30 bits per heavy atom. The van der Waals surface area contributed by atoms with Crippen LogP contribution in [0.2, 0.25) is 0 Å². The Bertz CT molecular complexity index is 524. The Kier molecular flexibility index (Phi) is 3.42. The van der Waals surface area contributed by atoms with Crippen LogP contribution < -0.4 is 5.32 Å². The zero-order valence-corrected chi connectivity index (χ0v) is 11.2. The Morgan fingerprint density at radius 3 is 2.50 bits per heavy atom. The van der Waals surface area contributed by atoms with Crippen LogP contribution in [0.3, 0.4) is 0 Å². The largest absolute Gasteiger partial charge is 0.477 e. The van der Waals surface area contributed by atoms with Gasteiger partial charge < -0.3 is 10.4 Å². The second-order valence-corrected chi connectivity index (χ2v) is 5.78. The lowest BCUT2D eigenvalue weighted by atomic mass is 9.98. The number of nitrogens with one attached hydrogen (secondary N) is 1. The maximum Gasteiger partial charge on any atom is 0.354 e. The van der Waals surface area contributed by atoms with Crippen molar-refractivity contribution in [3.63, 3.8) is 0 Å². The summed E-state index contributed by atoms with van der Waals surface area (Å²) in [4.78, 5) is 26.6. The minimum absolute atomic E-state index is 0.0985. The lowest BCUT2D eigenvalue weighted by Gasteiger charge is -2.16. The molecule has 20 heavy (non-hydrogen) atoms. The smallest absolute Gasteiger partial charge is 0.354 e. The van der Waals surface area contributed by atoms with Gasteiger partial charge in [-0.3, -0.25) is 4.79 Å². The molecule has 2 aliphatic rings. The van der Waals surface area contributed by atoms with Crippen LogP contribution in [0.15, 0.2) is 18.3 Å². The molecule has 0 atom stereocenters. The van der Waals surface area contributed by atoms with Crippen LogP contribution in [0.25, 0.3) is 0 Å². The van der Waals surface area contributed by atoms with Crippen molar-refractivity contribution in [2.75, 3.05) is 6.54 Å². The highest BCUT2D eigenvalue weighted by Gasteiger charge is 2.41. The van der Waals surface area contributed by atoms with E-state index in [1.807, 2.05) is 0 Å². The van der Waals surface area contributed by atoms with Gasteiger partial charge in [-0.2, -0.15) is 0 Å². The minimum atomic E-state index is -1.12. The minimum Gasteiger partial charge on any atom is -0.477 e. The van der Waals surface area contributed by atoms with Crippen LogP contribution in [0.4, 0.5) is 0 Å². The van der Waals surface area contributed by atoms with Crippen molar-refractivity contribution < 1.29 is 14.7 Å². The van der Waals surface area contributed by atoms with Gasteiger partial charge in [0.2, 0.25) is 0 Å². The van der Waals surface area contributed by atoms with Gasteiger partial charge in [-0.15, -0.1) is 0 Å². The maximum absolute atomic E-state index is 12.1. The van der Waals surface area contributed by atoms with Crippen LogP contribution >= 0.6 is 0 Å². The molecule has 2 saturated carbocycles. The molecular weight excluding hydrogens is 256 g/mol. The molecule has 5 nitrogen and oxygen atoms in total. The van der Waals surface area contributed by atoms with Crippen LogP contribution in [0, 0.1) is 17.8 Å². The number of rotatable bonds is 6. The summed E-state index contributed by atoms with van der Waals surface area (Å²) >= 11 is 0. The van der Waals surface area contributed by atoms with Gasteiger partial charge in [0.15, 0.2) is 0 Å². The highest BCUT2D eigenvalue weighted by atomic mass is 16.4. The van der Waals surface area contributed by atoms with Crippen molar-refractivity contribution in [2.45, 2.75) is 25.7 Å². The third-order valence-electron chi connectivity index (χ3n) is 4.19. The fourth-order valence-electron chi connectivity index (χ4n) is 2.77. The van der Waals surface area contributed by atoms with E-state index >= 15 is 0 Å². The van der Waals surface area contributed by atoms with Gasteiger partial charge in [0.1, 0.15) is 5.69 Å². The molecule has 5 heteroatoms. The highest BCUT2D eigenvalue weighted by molar-refractivity contribution is 5.96. The van der Waals surface area contributed by atoms with E-state index in [-0.39, 0.29) is 11.6 Å². The molecule has 1 aromatic heterocycles. The third-order valence-corrected chi connectivity index (χ3v) is 4.19. The van der Waals surface area contributed by atoms with Crippen molar-refractivity contribution in [2.24, 2.45) is 17.8 Å². The second kappa shape index (κ2) is 5.23. The average molecular weight is 274 g/mol. The molecule has 0 aliphatic heterocycles. The van der Waals surface area contributed by atoms with Gasteiger partial charge in [-0.25, -0.2) is 9.78 Å². The summed E-state index contributed by atoms with van der Waals surface area (Å²) in [6.45, 7) is 0.707. The third kappa shape index (κ3) is 2.98. The number of carbonyl (C=O) groups excluding carboxylic acids is 1. The van der Waals surface area contributed by atoms with E-state index in [1.165, 1.54) is 37.9 Å². The number of hydrogen-bond acceptors (Lipinski definition) is 3. The van der Waals surface area contributed by atoms with Gasteiger partial charge >= 0.3 is 5.97 Å².